The Balaban J connectivity index is 0.000000300. The van der Waals surface area contributed by atoms with Crippen LogP contribution >= 0.6 is 0 Å². The molecule has 2 aromatic carbocycles. The lowest BCUT2D eigenvalue weighted by molar-refractivity contribution is -0.141. The van der Waals surface area contributed by atoms with Crippen molar-refractivity contribution in [2.24, 2.45) is 5.73 Å². The highest BCUT2D eigenvalue weighted by atomic mass is 16.7. The Kier molecular flexibility index (Phi) is 12.0. The Hall–Kier alpha value is -2.74. The average Bonchev–Trinajstić information content (AvgIpc) is 2.74. The van der Waals surface area contributed by atoms with Crippen molar-refractivity contribution in [1.29, 1.82) is 0 Å². The van der Waals surface area contributed by atoms with Gasteiger partial charge < -0.3 is 25.6 Å². The summed E-state index contributed by atoms with van der Waals surface area (Å²) < 4.78 is 10.2. The molecule has 30 heavy (non-hydrogen) atoms. The van der Waals surface area contributed by atoms with Gasteiger partial charge in [0.05, 0.1) is 6.04 Å². The highest BCUT2D eigenvalue weighted by Crippen LogP contribution is 2.08. The number of nitrogens with two attached hydrogens (primary N) is 1. The number of carboxylic acid groups (broad SMARTS) is 1. The standard InChI is InChI=1S/C12H19NO2.C11H13NO3/c1-14-12(15-2)11(13)9-8-10-6-4-3-5-7-10;1-8(13)12-10(11(14)15)7-9-5-3-2-4-6-9/h3-7,11-12H,8-9,13H2,1-2H3;2-6,10H,7H2,1H3,(H,12,13)(H,14,15)/t11-;10-/m00/s1. The van der Waals surface area contributed by atoms with E-state index in [1.807, 2.05) is 48.5 Å². The third-order valence-corrected chi connectivity index (χ3v) is 4.38. The van der Waals surface area contributed by atoms with Gasteiger partial charge in [0.2, 0.25) is 5.91 Å². The van der Waals surface area contributed by atoms with Crippen LogP contribution in [0.3, 0.4) is 0 Å². The normalized spacial score (nSPS) is 12.4. The molecule has 0 aliphatic rings. The van der Waals surface area contributed by atoms with Crippen LogP contribution in [0.1, 0.15) is 24.5 Å². The molecule has 0 bridgehead atoms. The van der Waals surface area contributed by atoms with E-state index in [-0.39, 0.29) is 18.2 Å². The number of hydrogen-bond acceptors (Lipinski definition) is 5. The number of amides is 1. The highest BCUT2D eigenvalue weighted by molar-refractivity contribution is 5.82. The molecule has 4 N–H and O–H groups in total. The summed E-state index contributed by atoms with van der Waals surface area (Å²) in [4.78, 5) is 21.6. The first-order valence-corrected chi connectivity index (χ1v) is 9.76. The number of benzene rings is 2. The molecule has 0 aliphatic carbocycles. The van der Waals surface area contributed by atoms with Gasteiger partial charge in [0.15, 0.2) is 6.29 Å². The van der Waals surface area contributed by atoms with Gasteiger partial charge in [-0.3, -0.25) is 4.79 Å². The molecule has 0 spiro atoms. The van der Waals surface area contributed by atoms with Gasteiger partial charge in [0.1, 0.15) is 6.04 Å². The van der Waals surface area contributed by atoms with E-state index in [4.69, 9.17) is 20.3 Å². The molecule has 7 nitrogen and oxygen atoms in total. The zero-order valence-corrected chi connectivity index (χ0v) is 17.8. The zero-order valence-electron chi connectivity index (χ0n) is 17.8. The molecule has 2 aromatic rings. The van der Waals surface area contributed by atoms with Gasteiger partial charge in [-0.1, -0.05) is 60.7 Å². The third kappa shape index (κ3) is 10.2. The molecule has 0 heterocycles. The minimum Gasteiger partial charge on any atom is -0.480 e. The lowest BCUT2D eigenvalue weighted by Gasteiger charge is -2.20. The van der Waals surface area contributed by atoms with Crippen LogP contribution in [0.5, 0.6) is 0 Å². The fraction of sp³-hybridized carbons (Fsp3) is 0.391. The zero-order chi connectivity index (χ0) is 22.4. The minimum atomic E-state index is -1.02. The number of nitrogens with one attached hydrogen (secondary N) is 1. The van der Waals surface area contributed by atoms with E-state index in [1.54, 1.807) is 14.2 Å². The van der Waals surface area contributed by atoms with Crippen molar-refractivity contribution < 1.29 is 24.2 Å². The SMILES string of the molecule is CC(=O)N[C@@H](Cc1ccccc1)C(=O)O.COC(OC)[C@@H](N)CCc1ccccc1. The van der Waals surface area contributed by atoms with Crippen molar-refractivity contribution >= 4 is 11.9 Å². The van der Waals surface area contributed by atoms with Gasteiger partial charge in [-0.25, -0.2) is 4.79 Å². The number of methoxy groups -OCH3 is 2. The Morgan fingerprint density at radius 1 is 0.967 bits per heavy atom. The largest absolute Gasteiger partial charge is 0.480 e. The van der Waals surface area contributed by atoms with Crippen LogP contribution in [0.25, 0.3) is 0 Å². The number of carbonyl (C=O) groups is 2. The Bertz CT molecular complexity index is 736. The fourth-order valence-corrected chi connectivity index (χ4v) is 2.86. The van der Waals surface area contributed by atoms with Crippen LogP contribution in [0.2, 0.25) is 0 Å². The number of aliphatic carboxylic acids is 1. The van der Waals surface area contributed by atoms with Gasteiger partial charge in [-0.2, -0.15) is 0 Å². The van der Waals surface area contributed by atoms with E-state index in [9.17, 15) is 9.59 Å². The monoisotopic (exact) mass is 416 g/mol. The summed E-state index contributed by atoms with van der Waals surface area (Å²) in [6, 6.07) is 18.5. The first kappa shape index (κ1) is 25.3. The lowest BCUT2D eigenvalue weighted by Crippen LogP contribution is -2.41. The molecule has 2 atom stereocenters. The fourth-order valence-electron chi connectivity index (χ4n) is 2.86. The molecule has 0 aromatic heterocycles. The summed E-state index contributed by atoms with van der Waals surface area (Å²) in [5, 5.41) is 11.3. The summed E-state index contributed by atoms with van der Waals surface area (Å²) in [5.41, 5.74) is 8.12. The van der Waals surface area contributed by atoms with Crippen molar-refractivity contribution in [2.75, 3.05) is 14.2 Å². The maximum atomic E-state index is 10.8. The second-order valence-electron chi connectivity index (χ2n) is 6.81. The van der Waals surface area contributed by atoms with Crippen molar-refractivity contribution in [3.05, 3.63) is 71.8 Å². The van der Waals surface area contributed by atoms with Gasteiger partial charge in [0.25, 0.3) is 0 Å². The summed E-state index contributed by atoms with van der Waals surface area (Å²) in [6.07, 6.45) is 1.80. The number of rotatable bonds is 10. The quantitative estimate of drug-likeness (QED) is 0.513. The smallest absolute Gasteiger partial charge is 0.326 e. The predicted octanol–water partition coefficient (Wildman–Crippen LogP) is 2.38. The molecule has 2 rings (SSSR count). The summed E-state index contributed by atoms with van der Waals surface area (Å²) in [5.74, 6) is -1.35. The topological polar surface area (TPSA) is 111 Å². The minimum absolute atomic E-state index is 0.0831. The van der Waals surface area contributed by atoms with Crippen molar-refractivity contribution in [2.45, 2.75) is 44.6 Å². The molecule has 0 aliphatic heterocycles. The van der Waals surface area contributed by atoms with Crippen LogP contribution in [0.15, 0.2) is 60.7 Å². The number of carboxylic acids is 1. The molecule has 0 fully saturated rings. The Morgan fingerprint density at radius 3 is 1.90 bits per heavy atom. The van der Waals surface area contributed by atoms with E-state index in [2.05, 4.69) is 17.4 Å². The first-order valence-electron chi connectivity index (χ1n) is 9.76. The second kappa shape index (κ2) is 14.3. The molecule has 0 unspecified atom stereocenters. The van der Waals surface area contributed by atoms with Gasteiger partial charge in [0, 0.05) is 27.6 Å². The van der Waals surface area contributed by atoms with Crippen LogP contribution < -0.4 is 11.1 Å². The molecule has 7 heteroatoms. The third-order valence-electron chi connectivity index (χ3n) is 4.38. The van der Waals surface area contributed by atoms with E-state index in [0.717, 1.165) is 18.4 Å². The predicted molar refractivity (Wildman–Crippen MR) is 116 cm³/mol. The summed E-state index contributed by atoms with van der Waals surface area (Å²) >= 11 is 0. The molecule has 164 valence electrons. The first-order chi connectivity index (χ1) is 14.4. The van der Waals surface area contributed by atoms with E-state index in [0.29, 0.717) is 6.42 Å². The molecule has 1 amide bonds. The number of ether oxygens (including phenoxy) is 2. The summed E-state index contributed by atoms with van der Waals surface area (Å²) in [6.45, 7) is 1.31. The molecular formula is C23H32N2O5. The number of hydrogen-bond donors (Lipinski definition) is 3. The van der Waals surface area contributed by atoms with Crippen molar-refractivity contribution in [3.8, 4) is 0 Å². The highest BCUT2D eigenvalue weighted by Gasteiger charge is 2.18. The van der Waals surface area contributed by atoms with E-state index in [1.165, 1.54) is 12.5 Å². The van der Waals surface area contributed by atoms with E-state index < -0.39 is 12.0 Å². The maximum absolute atomic E-state index is 10.8. The summed E-state index contributed by atoms with van der Waals surface area (Å²) in [7, 11) is 3.22. The Labute approximate surface area is 178 Å². The molecule has 0 saturated heterocycles. The lowest BCUT2D eigenvalue weighted by atomic mass is 10.1. The Morgan fingerprint density at radius 2 is 1.47 bits per heavy atom. The number of aryl methyl sites for hydroxylation is 1. The molecule has 0 saturated carbocycles. The average molecular weight is 417 g/mol. The van der Waals surface area contributed by atoms with Crippen LogP contribution in [-0.4, -0.2) is 49.6 Å². The maximum Gasteiger partial charge on any atom is 0.326 e. The van der Waals surface area contributed by atoms with E-state index >= 15 is 0 Å². The van der Waals surface area contributed by atoms with Crippen LogP contribution in [-0.2, 0) is 31.9 Å². The van der Waals surface area contributed by atoms with Gasteiger partial charge in [-0.15, -0.1) is 0 Å². The van der Waals surface area contributed by atoms with Crippen molar-refractivity contribution in [3.63, 3.8) is 0 Å². The van der Waals surface area contributed by atoms with Crippen molar-refractivity contribution in [1.82, 2.24) is 5.32 Å². The number of carbonyl (C=O) groups excluding carboxylic acids is 1. The molecular weight excluding hydrogens is 384 g/mol. The van der Waals surface area contributed by atoms with Crippen LogP contribution in [0.4, 0.5) is 0 Å². The van der Waals surface area contributed by atoms with Crippen LogP contribution in [0, 0.1) is 0 Å². The molecule has 0 radical (unpaired) electrons. The van der Waals surface area contributed by atoms with Gasteiger partial charge >= 0.3 is 5.97 Å². The second-order valence-corrected chi connectivity index (χ2v) is 6.81. The van der Waals surface area contributed by atoms with Gasteiger partial charge in [-0.05, 0) is 24.0 Å².